The Morgan fingerprint density at radius 2 is 1.89 bits per heavy atom. The van der Waals surface area contributed by atoms with Gasteiger partial charge >= 0.3 is 5.69 Å². The van der Waals surface area contributed by atoms with Crippen molar-refractivity contribution in [2.75, 3.05) is 7.11 Å². The van der Waals surface area contributed by atoms with Gasteiger partial charge in [0.25, 0.3) is 5.95 Å². The molecule has 0 fully saturated rings. The van der Waals surface area contributed by atoms with Crippen molar-refractivity contribution in [2.45, 2.75) is 13.8 Å². The van der Waals surface area contributed by atoms with Gasteiger partial charge in [0.1, 0.15) is 11.6 Å². The van der Waals surface area contributed by atoms with Crippen molar-refractivity contribution in [1.29, 1.82) is 0 Å². The molecule has 0 bridgehead atoms. The number of halogens is 1. The van der Waals surface area contributed by atoms with Crippen LogP contribution in [0.25, 0.3) is 22.6 Å². The van der Waals surface area contributed by atoms with Crippen LogP contribution in [0.15, 0.2) is 47.7 Å². The Balaban J connectivity index is 2.00. The van der Waals surface area contributed by atoms with Gasteiger partial charge in [-0.05, 0) is 37.6 Å². The normalized spacial score (nSPS) is 11.1. The van der Waals surface area contributed by atoms with Crippen molar-refractivity contribution in [3.63, 3.8) is 0 Å². The van der Waals surface area contributed by atoms with E-state index in [0.717, 1.165) is 10.2 Å². The lowest BCUT2D eigenvalue weighted by Gasteiger charge is -2.07. The molecule has 8 heteroatoms. The van der Waals surface area contributed by atoms with Crippen LogP contribution >= 0.6 is 0 Å². The molecule has 7 nitrogen and oxygen atoms in total. The second kappa shape index (κ2) is 6.31. The third kappa shape index (κ3) is 2.57. The number of nitrogens with zero attached hydrogens (tertiary/aromatic N) is 5. The summed E-state index contributed by atoms with van der Waals surface area (Å²) in [6.07, 6.45) is 4.63. The number of aryl methyl sites for hydroxylation is 2. The number of ether oxygens (including phenoxy) is 1. The molecular weight excluding hydrogens is 349 g/mol. The SMILES string of the molecule is COc1ccc(-c2c(C)c3cnn(-c4ncccn4)c(=O)n3c2C)c(F)c1. The monoisotopic (exact) mass is 365 g/mol. The predicted octanol–water partition coefficient (Wildman–Crippen LogP) is 2.71. The van der Waals surface area contributed by atoms with E-state index in [-0.39, 0.29) is 5.95 Å². The van der Waals surface area contributed by atoms with Gasteiger partial charge in [-0.1, -0.05) is 0 Å². The highest BCUT2D eigenvalue weighted by molar-refractivity contribution is 5.79. The Bertz CT molecular complexity index is 1210. The molecule has 4 aromatic rings. The largest absolute Gasteiger partial charge is 0.497 e. The van der Waals surface area contributed by atoms with Gasteiger partial charge in [-0.3, -0.25) is 4.40 Å². The molecule has 4 rings (SSSR count). The van der Waals surface area contributed by atoms with Gasteiger partial charge in [0.15, 0.2) is 0 Å². The summed E-state index contributed by atoms with van der Waals surface area (Å²) in [6, 6.07) is 6.32. The van der Waals surface area contributed by atoms with Crippen LogP contribution in [0.2, 0.25) is 0 Å². The van der Waals surface area contributed by atoms with Crippen molar-refractivity contribution in [2.24, 2.45) is 0 Å². The van der Waals surface area contributed by atoms with Crippen molar-refractivity contribution in [3.05, 3.63) is 70.4 Å². The third-order valence-electron chi connectivity index (χ3n) is 4.55. The number of fused-ring (bicyclic) bond motifs is 1. The minimum absolute atomic E-state index is 0.173. The van der Waals surface area contributed by atoms with E-state index in [4.69, 9.17) is 4.74 Å². The topological polar surface area (TPSA) is 74.3 Å². The molecule has 0 aliphatic heterocycles. The summed E-state index contributed by atoms with van der Waals surface area (Å²) in [7, 11) is 1.48. The first-order chi connectivity index (χ1) is 13.0. The fraction of sp³-hybridized carbons (Fsp3) is 0.158. The Labute approximate surface area is 153 Å². The molecule has 0 N–H and O–H groups in total. The summed E-state index contributed by atoms with van der Waals surface area (Å²) in [4.78, 5) is 21.1. The second-order valence-electron chi connectivity index (χ2n) is 6.04. The Morgan fingerprint density at radius 1 is 1.15 bits per heavy atom. The lowest BCUT2D eigenvalue weighted by molar-refractivity contribution is 0.411. The van der Waals surface area contributed by atoms with Gasteiger partial charge in [0.05, 0.1) is 18.8 Å². The number of rotatable bonds is 3. The maximum Gasteiger partial charge on any atom is 0.356 e. The lowest BCUT2D eigenvalue weighted by Crippen LogP contribution is -2.29. The molecule has 3 aromatic heterocycles. The number of methoxy groups -OCH3 is 1. The van der Waals surface area contributed by atoms with Crippen LogP contribution in [0.4, 0.5) is 4.39 Å². The molecule has 0 aliphatic rings. The van der Waals surface area contributed by atoms with Crippen LogP contribution < -0.4 is 10.4 Å². The summed E-state index contributed by atoms with van der Waals surface area (Å²) < 4.78 is 22.3. The van der Waals surface area contributed by atoms with Crippen molar-refractivity contribution in [3.8, 4) is 22.8 Å². The van der Waals surface area contributed by atoms with Crippen molar-refractivity contribution in [1.82, 2.24) is 24.1 Å². The van der Waals surface area contributed by atoms with Gasteiger partial charge < -0.3 is 4.74 Å². The minimum atomic E-state index is -0.420. The first kappa shape index (κ1) is 16.9. The van der Waals surface area contributed by atoms with E-state index in [9.17, 15) is 9.18 Å². The highest BCUT2D eigenvalue weighted by atomic mass is 19.1. The van der Waals surface area contributed by atoms with Crippen LogP contribution in [0.3, 0.4) is 0 Å². The lowest BCUT2D eigenvalue weighted by atomic mass is 10.0. The zero-order valence-electron chi connectivity index (χ0n) is 15.0. The van der Waals surface area contributed by atoms with Crippen LogP contribution in [0.5, 0.6) is 5.75 Å². The summed E-state index contributed by atoms with van der Waals surface area (Å²) in [5, 5.41) is 4.18. The summed E-state index contributed by atoms with van der Waals surface area (Å²) in [5.41, 5.74) is 2.62. The summed E-state index contributed by atoms with van der Waals surface area (Å²) >= 11 is 0. The molecular formula is C19H16FN5O2. The molecule has 0 unspecified atom stereocenters. The number of benzene rings is 1. The predicted molar refractivity (Wildman–Crippen MR) is 97.8 cm³/mol. The third-order valence-corrected chi connectivity index (χ3v) is 4.55. The highest BCUT2D eigenvalue weighted by Crippen LogP contribution is 2.34. The smallest absolute Gasteiger partial charge is 0.356 e. The van der Waals surface area contributed by atoms with Gasteiger partial charge in [0.2, 0.25) is 0 Å². The van der Waals surface area contributed by atoms with Gasteiger partial charge in [-0.2, -0.15) is 5.10 Å². The molecule has 0 aliphatic carbocycles. The summed E-state index contributed by atoms with van der Waals surface area (Å²) in [6.45, 7) is 3.61. The maximum atomic E-state index is 14.6. The van der Waals surface area contributed by atoms with E-state index in [2.05, 4.69) is 15.1 Å². The quantitative estimate of drug-likeness (QED) is 0.558. The molecule has 0 saturated heterocycles. The molecule has 0 radical (unpaired) electrons. The van der Waals surface area contributed by atoms with Crippen molar-refractivity contribution >= 4 is 5.52 Å². The van der Waals surface area contributed by atoms with E-state index in [1.54, 1.807) is 31.3 Å². The van der Waals surface area contributed by atoms with Crippen LogP contribution in [-0.2, 0) is 0 Å². The van der Waals surface area contributed by atoms with E-state index >= 15 is 0 Å². The van der Waals surface area contributed by atoms with Gasteiger partial charge in [-0.25, -0.2) is 19.2 Å². The standard InChI is InChI=1S/C19H16FN5O2/c1-11-16-10-23-25(18-21-7-4-8-22-18)19(26)24(16)12(2)17(11)14-6-5-13(27-3)9-15(14)20/h4-10H,1-3H3. The maximum absolute atomic E-state index is 14.6. The number of aromatic nitrogens is 5. The Hall–Kier alpha value is -3.55. The van der Waals surface area contributed by atoms with E-state index in [1.807, 2.05) is 6.92 Å². The molecule has 1 aromatic carbocycles. The zero-order valence-corrected chi connectivity index (χ0v) is 15.0. The highest BCUT2D eigenvalue weighted by Gasteiger charge is 2.20. The molecule has 136 valence electrons. The van der Waals surface area contributed by atoms with Gasteiger partial charge in [0, 0.05) is 35.3 Å². The number of hydrogen-bond donors (Lipinski definition) is 0. The molecule has 0 amide bonds. The van der Waals surface area contributed by atoms with Crippen LogP contribution in [0, 0.1) is 19.7 Å². The minimum Gasteiger partial charge on any atom is -0.497 e. The van der Waals surface area contributed by atoms with E-state index in [0.29, 0.717) is 28.1 Å². The van der Waals surface area contributed by atoms with Crippen molar-refractivity contribution < 1.29 is 9.13 Å². The van der Waals surface area contributed by atoms with Crippen LogP contribution in [-0.4, -0.2) is 31.3 Å². The van der Waals surface area contributed by atoms with E-state index < -0.39 is 11.5 Å². The number of hydrogen-bond acceptors (Lipinski definition) is 5. The average molecular weight is 365 g/mol. The second-order valence-corrected chi connectivity index (χ2v) is 6.04. The van der Waals surface area contributed by atoms with Gasteiger partial charge in [-0.15, -0.1) is 4.68 Å². The first-order valence-electron chi connectivity index (χ1n) is 8.24. The Morgan fingerprint density at radius 3 is 2.56 bits per heavy atom. The fourth-order valence-electron chi connectivity index (χ4n) is 3.28. The zero-order chi connectivity index (χ0) is 19.1. The first-order valence-corrected chi connectivity index (χ1v) is 8.24. The Kier molecular flexibility index (Phi) is 3.95. The molecule has 3 heterocycles. The molecule has 0 spiro atoms. The average Bonchev–Trinajstić information content (AvgIpc) is 2.94. The summed E-state index contributed by atoms with van der Waals surface area (Å²) in [5.74, 6) is 0.184. The fourth-order valence-corrected chi connectivity index (χ4v) is 3.28. The van der Waals surface area contributed by atoms with Crippen LogP contribution in [0.1, 0.15) is 11.3 Å². The molecule has 0 atom stereocenters. The molecule has 27 heavy (non-hydrogen) atoms. The molecule has 0 saturated carbocycles. The van der Waals surface area contributed by atoms with E-state index in [1.165, 1.54) is 30.0 Å².